The van der Waals surface area contributed by atoms with E-state index in [2.05, 4.69) is 33.0 Å². The standard InChI is InChI=1S/C27H28FN3O/c28-21-16-20-4-3-11-29-27(20)25(17-21)31-14-12-30(13-15-31)22-9-7-19(8-10-22)24-18-32-26-6-2-1-5-23(24)26/h1-6,11,16-19,22H,7-10,12-15H2/t19-,22-. The number of benzene rings is 2. The molecule has 0 unspecified atom stereocenters. The van der Waals surface area contributed by atoms with Gasteiger partial charge in [-0.1, -0.05) is 24.3 Å². The van der Waals surface area contributed by atoms with E-state index in [9.17, 15) is 4.39 Å². The van der Waals surface area contributed by atoms with Crippen LogP contribution in [-0.2, 0) is 0 Å². The first kappa shape index (κ1) is 19.7. The van der Waals surface area contributed by atoms with Crippen LogP contribution in [0.4, 0.5) is 10.1 Å². The summed E-state index contributed by atoms with van der Waals surface area (Å²) in [6, 6.07) is 16.0. The molecule has 2 fully saturated rings. The monoisotopic (exact) mass is 429 g/mol. The van der Waals surface area contributed by atoms with Gasteiger partial charge in [0.2, 0.25) is 0 Å². The Morgan fingerprint density at radius 1 is 0.906 bits per heavy atom. The minimum Gasteiger partial charge on any atom is -0.464 e. The lowest BCUT2D eigenvalue weighted by Gasteiger charge is -2.42. The minimum absolute atomic E-state index is 0.187. The third-order valence-electron chi connectivity index (χ3n) is 7.47. The molecule has 2 aromatic heterocycles. The number of rotatable bonds is 3. The summed E-state index contributed by atoms with van der Waals surface area (Å²) in [5.41, 5.74) is 4.21. The molecule has 1 saturated heterocycles. The fraction of sp³-hybridized carbons (Fsp3) is 0.370. The first-order chi connectivity index (χ1) is 15.8. The highest BCUT2D eigenvalue weighted by molar-refractivity contribution is 5.90. The van der Waals surface area contributed by atoms with E-state index in [1.807, 2.05) is 24.5 Å². The van der Waals surface area contributed by atoms with Gasteiger partial charge in [-0.05, 0) is 55.9 Å². The summed E-state index contributed by atoms with van der Waals surface area (Å²) in [7, 11) is 0. The SMILES string of the molecule is Fc1cc(N2CCN([C@H]3CC[C@H](c4coc5ccccc54)CC3)CC2)c2ncccc2c1. The zero-order valence-electron chi connectivity index (χ0n) is 18.2. The van der Waals surface area contributed by atoms with E-state index >= 15 is 0 Å². The number of hydrogen-bond donors (Lipinski definition) is 0. The fourth-order valence-electron chi connectivity index (χ4n) is 5.77. The normalized spacial score (nSPS) is 22.6. The molecule has 0 spiro atoms. The molecule has 0 bridgehead atoms. The van der Waals surface area contributed by atoms with Crippen molar-refractivity contribution in [2.45, 2.75) is 37.6 Å². The molecular weight excluding hydrogens is 401 g/mol. The Morgan fingerprint density at radius 3 is 2.56 bits per heavy atom. The van der Waals surface area contributed by atoms with Crippen molar-refractivity contribution < 1.29 is 8.81 Å². The van der Waals surface area contributed by atoms with Gasteiger partial charge in [-0.3, -0.25) is 9.88 Å². The Balaban J connectivity index is 1.10. The van der Waals surface area contributed by atoms with Crippen LogP contribution in [0.15, 0.2) is 65.4 Å². The molecule has 1 saturated carbocycles. The molecule has 164 valence electrons. The number of anilines is 1. The molecule has 2 aliphatic rings. The lowest BCUT2D eigenvalue weighted by atomic mass is 9.81. The van der Waals surface area contributed by atoms with Gasteiger partial charge in [0.25, 0.3) is 0 Å². The van der Waals surface area contributed by atoms with Crippen LogP contribution in [0.1, 0.15) is 37.2 Å². The summed E-state index contributed by atoms with van der Waals surface area (Å²) in [6.07, 6.45) is 8.66. The Morgan fingerprint density at radius 2 is 1.72 bits per heavy atom. The number of nitrogens with zero attached hydrogens (tertiary/aromatic N) is 3. The van der Waals surface area contributed by atoms with Gasteiger partial charge < -0.3 is 9.32 Å². The van der Waals surface area contributed by atoms with Crippen LogP contribution in [0, 0.1) is 5.82 Å². The number of fused-ring (bicyclic) bond motifs is 2. The molecule has 2 aromatic carbocycles. The van der Waals surface area contributed by atoms with Gasteiger partial charge in [-0.2, -0.15) is 0 Å². The van der Waals surface area contributed by atoms with Crippen molar-refractivity contribution in [3.05, 3.63) is 72.4 Å². The molecule has 3 heterocycles. The maximum atomic E-state index is 14.2. The van der Waals surface area contributed by atoms with Crippen LogP contribution >= 0.6 is 0 Å². The Hall–Kier alpha value is -2.92. The second-order valence-corrected chi connectivity index (χ2v) is 9.22. The largest absolute Gasteiger partial charge is 0.464 e. The number of piperazine rings is 1. The highest BCUT2D eigenvalue weighted by atomic mass is 19.1. The predicted molar refractivity (Wildman–Crippen MR) is 127 cm³/mol. The van der Waals surface area contributed by atoms with Gasteiger partial charge in [0.05, 0.1) is 17.5 Å². The number of furan rings is 1. The van der Waals surface area contributed by atoms with Crippen LogP contribution < -0.4 is 4.90 Å². The van der Waals surface area contributed by atoms with Crippen molar-refractivity contribution in [1.82, 2.24) is 9.88 Å². The van der Waals surface area contributed by atoms with Crippen molar-refractivity contribution in [3.8, 4) is 0 Å². The first-order valence-electron chi connectivity index (χ1n) is 11.8. The lowest BCUT2D eigenvalue weighted by Crippen LogP contribution is -2.51. The second kappa shape index (κ2) is 8.21. The third kappa shape index (κ3) is 3.55. The van der Waals surface area contributed by atoms with Gasteiger partial charge in [-0.15, -0.1) is 0 Å². The summed E-state index contributed by atoms with van der Waals surface area (Å²) < 4.78 is 20.0. The topological polar surface area (TPSA) is 32.5 Å². The average Bonchev–Trinajstić information content (AvgIpc) is 3.28. The van der Waals surface area contributed by atoms with E-state index in [-0.39, 0.29) is 5.82 Å². The second-order valence-electron chi connectivity index (χ2n) is 9.22. The van der Waals surface area contributed by atoms with Gasteiger partial charge in [-0.25, -0.2) is 4.39 Å². The zero-order valence-corrected chi connectivity index (χ0v) is 18.2. The molecule has 0 atom stereocenters. The van der Waals surface area contributed by atoms with Crippen molar-refractivity contribution in [2.24, 2.45) is 0 Å². The average molecular weight is 430 g/mol. The fourth-order valence-corrected chi connectivity index (χ4v) is 5.77. The summed E-state index contributed by atoms with van der Waals surface area (Å²) in [4.78, 5) is 9.48. The maximum Gasteiger partial charge on any atom is 0.134 e. The first-order valence-corrected chi connectivity index (χ1v) is 11.8. The molecule has 4 aromatic rings. The van der Waals surface area contributed by atoms with E-state index < -0.39 is 0 Å². The van der Waals surface area contributed by atoms with Crippen LogP contribution in [0.5, 0.6) is 0 Å². The van der Waals surface area contributed by atoms with Gasteiger partial charge in [0.15, 0.2) is 0 Å². The molecule has 1 aliphatic heterocycles. The molecule has 4 nitrogen and oxygen atoms in total. The number of para-hydroxylation sites is 1. The van der Waals surface area contributed by atoms with Gasteiger partial charge >= 0.3 is 0 Å². The third-order valence-corrected chi connectivity index (χ3v) is 7.47. The van der Waals surface area contributed by atoms with E-state index in [4.69, 9.17) is 4.42 Å². The van der Waals surface area contributed by atoms with Crippen LogP contribution in [0.2, 0.25) is 0 Å². The highest BCUT2D eigenvalue weighted by Gasteiger charge is 2.30. The number of hydrogen-bond acceptors (Lipinski definition) is 4. The number of pyridine rings is 1. The summed E-state index contributed by atoms with van der Waals surface area (Å²) in [5.74, 6) is 0.411. The highest BCUT2D eigenvalue weighted by Crippen LogP contribution is 2.39. The molecule has 1 aliphatic carbocycles. The predicted octanol–water partition coefficient (Wildman–Crippen LogP) is 5.97. The minimum atomic E-state index is -0.187. The Labute approximate surface area is 187 Å². The van der Waals surface area contributed by atoms with Crippen molar-refractivity contribution >= 4 is 27.6 Å². The van der Waals surface area contributed by atoms with Crippen LogP contribution in [0.25, 0.3) is 21.9 Å². The van der Waals surface area contributed by atoms with E-state index in [1.165, 1.54) is 36.6 Å². The summed E-state index contributed by atoms with van der Waals surface area (Å²) in [6.45, 7) is 3.88. The molecule has 0 amide bonds. The molecule has 32 heavy (non-hydrogen) atoms. The Bertz CT molecular complexity index is 1240. The molecule has 5 heteroatoms. The Kier molecular flexibility index (Phi) is 5.07. The van der Waals surface area contributed by atoms with Crippen molar-refractivity contribution in [2.75, 3.05) is 31.1 Å². The maximum absolute atomic E-state index is 14.2. The molecule has 0 N–H and O–H groups in total. The lowest BCUT2D eigenvalue weighted by molar-refractivity contribution is 0.141. The molecule has 6 rings (SSSR count). The van der Waals surface area contributed by atoms with Crippen LogP contribution in [-0.4, -0.2) is 42.1 Å². The van der Waals surface area contributed by atoms with E-state index in [0.29, 0.717) is 12.0 Å². The van der Waals surface area contributed by atoms with Crippen molar-refractivity contribution in [3.63, 3.8) is 0 Å². The zero-order chi connectivity index (χ0) is 21.5. The summed E-state index contributed by atoms with van der Waals surface area (Å²) >= 11 is 0. The van der Waals surface area contributed by atoms with Gasteiger partial charge in [0, 0.05) is 54.8 Å². The van der Waals surface area contributed by atoms with Crippen LogP contribution in [0.3, 0.4) is 0 Å². The quantitative estimate of drug-likeness (QED) is 0.402. The number of aromatic nitrogens is 1. The summed E-state index contributed by atoms with van der Waals surface area (Å²) in [5, 5.41) is 2.15. The smallest absolute Gasteiger partial charge is 0.134 e. The van der Waals surface area contributed by atoms with Gasteiger partial charge in [0.1, 0.15) is 11.4 Å². The van der Waals surface area contributed by atoms with Crippen molar-refractivity contribution in [1.29, 1.82) is 0 Å². The van der Waals surface area contributed by atoms with E-state index in [0.717, 1.165) is 48.4 Å². The molecular formula is C27H28FN3O. The molecule has 0 radical (unpaired) electrons. The van der Waals surface area contributed by atoms with E-state index in [1.54, 1.807) is 18.3 Å². The number of halogens is 1.